The number of carbonyl (C=O) groups excluding carboxylic acids is 1. The maximum absolute atomic E-state index is 12.5. The lowest BCUT2D eigenvalue weighted by Crippen LogP contribution is -2.43. The first kappa shape index (κ1) is 18.4. The van der Waals surface area contributed by atoms with E-state index in [1.807, 2.05) is 18.7 Å². The number of amides is 1. The van der Waals surface area contributed by atoms with Crippen LogP contribution < -0.4 is 5.73 Å². The van der Waals surface area contributed by atoms with Gasteiger partial charge in [-0.2, -0.15) is 0 Å². The lowest BCUT2D eigenvalue weighted by molar-refractivity contribution is -0.138. The molecule has 2 N–H and O–H groups in total. The maximum Gasteiger partial charge on any atom is 0.225 e. The lowest BCUT2D eigenvalue weighted by Gasteiger charge is -2.31. The molecule has 0 aromatic carbocycles. The quantitative estimate of drug-likeness (QED) is 0.664. The van der Waals surface area contributed by atoms with Crippen LogP contribution in [0.4, 0.5) is 0 Å². The summed E-state index contributed by atoms with van der Waals surface area (Å²) >= 11 is 0. The summed E-state index contributed by atoms with van der Waals surface area (Å²) in [4.78, 5) is 14.4. The topological polar surface area (TPSA) is 55.6 Å². The van der Waals surface area contributed by atoms with Crippen molar-refractivity contribution >= 4 is 5.91 Å². The fraction of sp³-hybridized carbons (Fsp3) is 0.933. The Labute approximate surface area is 118 Å². The molecule has 0 heterocycles. The summed E-state index contributed by atoms with van der Waals surface area (Å²) < 4.78 is 5.10. The molecule has 0 saturated carbocycles. The molecule has 0 aliphatic carbocycles. The van der Waals surface area contributed by atoms with E-state index in [2.05, 4.69) is 13.8 Å². The highest BCUT2D eigenvalue weighted by Gasteiger charge is 2.23. The molecule has 0 rings (SSSR count). The van der Waals surface area contributed by atoms with Crippen LogP contribution in [-0.4, -0.2) is 43.2 Å². The van der Waals surface area contributed by atoms with Crippen molar-refractivity contribution in [2.75, 3.05) is 20.3 Å². The van der Waals surface area contributed by atoms with Gasteiger partial charge in [0.1, 0.15) is 0 Å². The van der Waals surface area contributed by atoms with Crippen LogP contribution >= 0.6 is 0 Å². The average molecular weight is 272 g/mol. The van der Waals surface area contributed by atoms with E-state index >= 15 is 0 Å². The van der Waals surface area contributed by atoms with Crippen LogP contribution in [0.1, 0.15) is 53.4 Å². The normalized spacial score (nSPS) is 15.9. The van der Waals surface area contributed by atoms with Gasteiger partial charge in [-0.05, 0) is 33.1 Å². The van der Waals surface area contributed by atoms with Crippen molar-refractivity contribution in [3.8, 4) is 0 Å². The predicted molar refractivity (Wildman–Crippen MR) is 80.0 cm³/mol. The molecule has 4 heteroatoms. The highest BCUT2D eigenvalue weighted by Crippen LogP contribution is 2.15. The molecular formula is C15H32N2O2. The third-order valence-electron chi connectivity index (χ3n) is 3.66. The Morgan fingerprint density at radius 1 is 1.26 bits per heavy atom. The molecule has 3 unspecified atom stereocenters. The predicted octanol–water partition coefficient (Wildman–Crippen LogP) is 2.41. The Hall–Kier alpha value is -0.610. The average Bonchev–Trinajstić information content (AvgIpc) is 2.37. The largest absolute Gasteiger partial charge is 0.383 e. The van der Waals surface area contributed by atoms with Crippen molar-refractivity contribution in [2.24, 2.45) is 11.7 Å². The van der Waals surface area contributed by atoms with E-state index in [1.54, 1.807) is 7.11 Å². The summed E-state index contributed by atoms with van der Waals surface area (Å²) in [5.41, 5.74) is 5.74. The summed E-state index contributed by atoms with van der Waals surface area (Å²) in [5, 5.41) is 0. The molecule has 114 valence electrons. The van der Waals surface area contributed by atoms with Crippen molar-refractivity contribution in [3.05, 3.63) is 0 Å². The third-order valence-corrected chi connectivity index (χ3v) is 3.66. The zero-order valence-corrected chi connectivity index (χ0v) is 13.3. The number of hydrogen-bond donors (Lipinski definition) is 1. The Kier molecular flexibility index (Phi) is 9.88. The van der Waals surface area contributed by atoms with Crippen molar-refractivity contribution < 1.29 is 9.53 Å². The molecule has 3 atom stereocenters. The minimum atomic E-state index is 0.0737. The van der Waals surface area contributed by atoms with Crippen LogP contribution in [-0.2, 0) is 9.53 Å². The van der Waals surface area contributed by atoms with Crippen LogP contribution in [0.5, 0.6) is 0 Å². The van der Waals surface area contributed by atoms with Crippen LogP contribution in [0.25, 0.3) is 0 Å². The van der Waals surface area contributed by atoms with Crippen LogP contribution in [0.3, 0.4) is 0 Å². The van der Waals surface area contributed by atoms with Crippen molar-refractivity contribution in [3.63, 3.8) is 0 Å². The summed E-state index contributed by atoms with van der Waals surface area (Å²) in [5.74, 6) is 0.320. The summed E-state index contributed by atoms with van der Waals surface area (Å²) in [6, 6.07) is 0.500. The molecule has 0 bridgehead atoms. The Bertz CT molecular complexity index is 244. The molecule has 0 aromatic heterocycles. The first-order chi connectivity index (χ1) is 8.93. The number of carbonyl (C=O) groups is 1. The van der Waals surface area contributed by atoms with Gasteiger partial charge in [-0.25, -0.2) is 0 Å². The number of ether oxygens (including phenoxy) is 1. The molecule has 0 radical (unpaired) electrons. The fourth-order valence-electron chi connectivity index (χ4n) is 2.11. The zero-order valence-electron chi connectivity index (χ0n) is 13.3. The van der Waals surface area contributed by atoms with E-state index in [1.165, 1.54) is 0 Å². The van der Waals surface area contributed by atoms with Gasteiger partial charge in [0.05, 0.1) is 6.61 Å². The van der Waals surface area contributed by atoms with Gasteiger partial charge in [-0.15, -0.1) is 0 Å². The molecule has 4 nitrogen and oxygen atoms in total. The minimum Gasteiger partial charge on any atom is -0.383 e. The second kappa shape index (κ2) is 10.2. The molecule has 0 aliphatic heterocycles. The smallest absolute Gasteiger partial charge is 0.225 e. The second-order valence-corrected chi connectivity index (χ2v) is 5.59. The van der Waals surface area contributed by atoms with Gasteiger partial charge in [0.25, 0.3) is 0 Å². The number of hydrogen-bond acceptors (Lipinski definition) is 3. The zero-order chi connectivity index (χ0) is 14.8. The summed E-state index contributed by atoms with van der Waals surface area (Å²) in [6.07, 6.45) is 3.89. The third kappa shape index (κ3) is 7.53. The van der Waals surface area contributed by atoms with Gasteiger partial charge >= 0.3 is 0 Å². The number of rotatable bonds is 10. The highest BCUT2D eigenvalue weighted by atomic mass is 16.5. The highest BCUT2D eigenvalue weighted by molar-refractivity contribution is 5.78. The van der Waals surface area contributed by atoms with Crippen LogP contribution in [0.15, 0.2) is 0 Å². The Balaban J connectivity index is 4.34. The molecular weight excluding hydrogens is 240 g/mol. The second-order valence-electron chi connectivity index (χ2n) is 5.59. The van der Waals surface area contributed by atoms with Gasteiger partial charge in [-0.1, -0.05) is 20.3 Å². The van der Waals surface area contributed by atoms with E-state index in [4.69, 9.17) is 10.5 Å². The molecule has 0 fully saturated rings. The monoisotopic (exact) mass is 272 g/mol. The van der Waals surface area contributed by atoms with E-state index < -0.39 is 0 Å². The van der Waals surface area contributed by atoms with E-state index in [0.717, 1.165) is 25.7 Å². The molecule has 0 saturated heterocycles. The minimum absolute atomic E-state index is 0.0737. The van der Waals surface area contributed by atoms with Crippen LogP contribution in [0.2, 0.25) is 0 Å². The van der Waals surface area contributed by atoms with Gasteiger partial charge in [0.2, 0.25) is 5.91 Å². The van der Waals surface area contributed by atoms with Gasteiger partial charge in [0, 0.05) is 31.7 Å². The SMILES string of the molecule is CCC(C)N(CCOC)C(=O)C(C)CCCC(C)N. The molecule has 1 amide bonds. The van der Waals surface area contributed by atoms with E-state index in [-0.39, 0.29) is 23.9 Å². The van der Waals surface area contributed by atoms with Gasteiger partial charge in [-0.3, -0.25) is 4.79 Å². The first-order valence-corrected chi connectivity index (χ1v) is 7.48. The van der Waals surface area contributed by atoms with Crippen LogP contribution in [0, 0.1) is 5.92 Å². The number of nitrogens with two attached hydrogens (primary N) is 1. The lowest BCUT2D eigenvalue weighted by atomic mass is 10.00. The molecule has 19 heavy (non-hydrogen) atoms. The maximum atomic E-state index is 12.5. The summed E-state index contributed by atoms with van der Waals surface area (Å²) in [6.45, 7) is 9.52. The fourth-order valence-corrected chi connectivity index (χ4v) is 2.11. The number of methoxy groups -OCH3 is 1. The molecule has 0 spiro atoms. The van der Waals surface area contributed by atoms with Gasteiger partial charge in [0.15, 0.2) is 0 Å². The number of nitrogens with zero attached hydrogens (tertiary/aromatic N) is 1. The Morgan fingerprint density at radius 3 is 2.37 bits per heavy atom. The Morgan fingerprint density at radius 2 is 1.89 bits per heavy atom. The van der Waals surface area contributed by atoms with Crippen molar-refractivity contribution in [1.29, 1.82) is 0 Å². The summed E-state index contributed by atoms with van der Waals surface area (Å²) in [7, 11) is 1.67. The standard InChI is InChI=1S/C15H32N2O2/c1-6-14(4)17(10-11-19-5)15(18)12(2)8-7-9-13(3)16/h12-14H,6-11,16H2,1-5H3. The first-order valence-electron chi connectivity index (χ1n) is 7.48. The van der Waals surface area contributed by atoms with E-state index in [9.17, 15) is 4.79 Å². The van der Waals surface area contributed by atoms with Crippen molar-refractivity contribution in [2.45, 2.75) is 65.5 Å². The van der Waals surface area contributed by atoms with Crippen molar-refractivity contribution in [1.82, 2.24) is 4.90 Å². The van der Waals surface area contributed by atoms with E-state index in [0.29, 0.717) is 13.2 Å². The molecule has 0 aromatic rings. The van der Waals surface area contributed by atoms with Gasteiger partial charge < -0.3 is 15.4 Å². The molecule has 0 aliphatic rings.